The minimum atomic E-state index is -0.0934. The minimum absolute atomic E-state index is 0.0934. The van der Waals surface area contributed by atoms with E-state index in [1.807, 2.05) is 6.92 Å². The van der Waals surface area contributed by atoms with Crippen LogP contribution in [0.2, 0.25) is 0 Å². The van der Waals surface area contributed by atoms with E-state index < -0.39 is 0 Å². The summed E-state index contributed by atoms with van der Waals surface area (Å²) in [5.41, 5.74) is 0.796. The first-order chi connectivity index (χ1) is 6.65. The van der Waals surface area contributed by atoms with Crippen LogP contribution in [0.1, 0.15) is 23.0 Å². The molecule has 4 nitrogen and oxygen atoms in total. The Morgan fingerprint density at radius 3 is 2.71 bits per heavy atom. The number of aryl methyl sites for hydroxylation is 1. The van der Waals surface area contributed by atoms with Crippen LogP contribution in [0.15, 0.2) is 10.5 Å². The van der Waals surface area contributed by atoms with Crippen LogP contribution in [-0.2, 0) is 4.74 Å². The summed E-state index contributed by atoms with van der Waals surface area (Å²) in [4.78, 5) is 11.0. The molecular weight excluding hydrogens is 184 g/mol. The van der Waals surface area contributed by atoms with Crippen molar-refractivity contribution in [2.24, 2.45) is 0 Å². The van der Waals surface area contributed by atoms with Gasteiger partial charge in [-0.2, -0.15) is 0 Å². The third-order valence-corrected chi connectivity index (χ3v) is 1.75. The second-order valence-corrected chi connectivity index (χ2v) is 2.98. The molecule has 0 fully saturated rings. The zero-order chi connectivity index (χ0) is 10.6. The van der Waals surface area contributed by atoms with Crippen molar-refractivity contribution < 1.29 is 18.7 Å². The van der Waals surface area contributed by atoms with E-state index in [1.165, 1.54) is 6.92 Å². The lowest BCUT2D eigenvalue weighted by molar-refractivity contribution is 0.0967. The van der Waals surface area contributed by atoms with Gasteiger partial charge >= 0.3 is 0 Å². The molecule has 0 amide bonds. The molecule has 0 aliphatic carbocycles. The van der Waals surface area contributed by atoms with Gasteiger partial charge < -0.3 is 13.9 Å². The number of methoxy groups -OCH3 is 1. The van der Waals surface area contributed by atoms with E-state index >= 15 is 0 Å². The van der Waals surface area contributed by atoms with Crippen LogP contribution in [0.4, 0.5) is 0 Å². The van der Waals surface area contributed by atoms with Gasteiger partial charge in [-0.25, -0.2) is 0 Å². The summed E-state index contributed by atoms with van der Waals surface area (Å²) in [6, 6.07) is 1.70. The van der Waals surface area contributed by atoms with E-state index in [2.05, 4.69) is 0 Å². The summed E-state index contributed by atoms with van der Waals surface area (Å²) >= 11 is 0. The lowest BCUT2D eigenvalue weighted by Gasteiger charge is -1.99. The van der Waals surface area contributed by atoms with Gasteiger partial charge in [0.2, 0.25) is 0 Å². The fourth-order valence-electron chi connectivity index (χ4n) is 1.10. The Hall–Kier alpha value is -1.29. The van der Waals surface area contributed by atoms with E-state index in [4.69, 9.17) is 13.9 Å². The smallest absolute Gasteiger partial charge is 0.285 e. The highest BCUT2D eigenvalue weighted by Crippen LogP contribution is 2.21. The molecule has 0 bridgehead atoms. The van der Waals surface area contributed by atoms with Gasteiger partial charge in [-0.1, -0.05) is 0 Å². The number of ether oxygens (including phenoxy) is 2. The van der Waals surface area contributed by atoms with Gasteiger partial charge in [0, 0.05) is 25.7 Å². The molecule has 78 valence electrons. The fraction of sp³-hybridized carbons (Fsp3) is 0.500. The topological polar surface area (TPSA) is 48.7 Å². The maximum Gasteiger partial charge on any atom is 0.285 e. The SMILES string of the molecule is COCCOc1cc(C)c(C(C)=O)o1. The Morgan fingerprint density at radius 1 is 1.50 bits per heavy atom. The first-order valence-electron chi connectivity index (χ1n) is 4.38. The molecule has 0 saturated heterocycles. The van der Waals surface area contributed by atoms with E-state index in [9.17, 15) is 4.79 Å². The van der Waals surface area contributed by atoms with Crippen molar-refractivity contribution in [1.29, 1.82) is 0 Å². The molecule has 1 aromatic heterocycles. The van der Waals surface area contributed by atoms with Crippen molar-refractivity contribution in [1.82, 2.24) is 0 Å². The summed E-state index contributed by atoms with van der Waals surface area (Å²) < 4.78 is 15.2. The molecule has 0 spiro atoms. The Kier molecular flexibility index (Phi) is 3.71. The van der Waals surface area contributed by atoms with Gasteiger partial charge in [0.1, 0.15) is 6.61 Å². The molecule has 0 saturated carbocycles. The average molecular weight is 198 g/mol. The van der Waals surface area contributed by atoms with E-state index in [0.717, 1.165) is 5.56 Å². The monoisotopic (exact) mass is 198 g/mol. The fourth-order valence-corrected chi connectivity index (χ4v) is 1.10. The molecule has 0 aliphatic rings. The summed E-state index contributed by atoms with van der Waals surface area (Å²) in [6.07, 6.45) is 0. The molecule has 0 radical (unpaired) electrons. The summed E-state index contributed by atoms with van der Waals surface area (Å²) in [5, 5.41) is 0. The Balaban J connectivity index is 2.62. The third kappa shape index (κ3) is 2.60. The summed E-state index contributed by atoms with van der Waals surface area (Å²) in [7, 11) is 1.59. The minimum Gasteiger partial charge on any atom is -0.463 e. The number of carbonyl (C=O) groups excluding carboxylic acids is 1. The number of carbonyl (C=O) groups is 1. The highest BCUT2D eigenvalue weighted by Gasteiger charge is 2.11. The quantitative estimate of drug-likeness (QED) is 0.534. The van der Waals surface area contributed by atoms with Crippen molar-refractivity contribution in [3.63, 3.8) is 0 Å². The van der Waals surface area contributed by atoms with Crippen molar-refractivity contribution in [2.75, 3.05) is 20.3 Å². The van der Waals surface area contributed by atoms with Crippen LogP contribution in [-0.4, -0.2) is 26.1 Å². The number of hydrogen-bond acceptors (Lipinski definition) is 4. The second-order valence-electron chi connectivity index (χ2n) is 2.98. The van der Waals surface area contributed by atoms with Gasteiger partial charge in [0.25, 0.3) is 5.95 Å². The third-order valence-electron chi connectivity index (χ3n) is 1.75. The number of Topliss-reactive ketones (excluding diaryl/α,β-unsaturated/α-hetero) is 1. The molecule has 1 heterocycles. The molecule has 0 aliphatic heterocycles. The van der Waals surface area contributed by atoms with Crippen molar-refractivity contribution in [3.8, 4) is 5.95 Å². The van der Waals surface area contributed by atoms with Crippen molar-refractivity contribution in [3.05, 3.63) is 17.4 Å². The first kappa shape index (κ1) is 10.8. The van der Waals surface area contributed by atoms with Gasteiger partial charge in [0.05, 0.1) is 6.61 Å². The maximum absolute atomic E-state index is 11.0. The van der Waals surface area contributed by atoms with Crippen LogP contribution >= 0.6 is 0 Å². The van der Waals surface area contributed by atoms with Crippen LogP contribution in [0.3, 0.4) is 0 Å². The highest BCUT2D eigenvalue weighted by molar-refractivity contribution is 5.92. The Morgan fingerprint density at radius 2 is 2.21 bits per heavy atom. The lowest BCUT2D eigenvalue weighted by atomic mass is 10.2. The van der Waals surface area contributed by atoms with Crippen LogP contribution in [0, 0.1) is 6.92 Å². The van der Waals surface area contributed by atoms with E-state index in [1.54, 1.807) is 13.2 Å². The Labute approximate surface area is 82.8 Å². The first-order valence-corrected chi connectivity index (χ1v) is 4.38. The Bertz CT molecular complexity index is 314. The van der Waals surface area contributed by atoms with Crippen LogP contribution < -0.4 is 4.74 Å². The van der Waals surface area contributed by atoms with Gasteiger partial charge in [-0.05, 0) is 6.92 Å². The largest absolute Gasteiger partial charge is 0.463 e. The summed E-state index contributed by atoms with van der Waals surface area (Å²) in [6.45, 7) is 4.18. The number of hydrogen-bond donors (Lipinski definition) is 0. The normalized spacial score (nSPS) is 10.2. The maximum atomic E-state index is 11.0. The van der Waals surface area contributed by atoms with E-state index in [0.29, 0.717) is 24.9 Å². The summed E-state index contributed by atoms with van der Waals surface area (Å²) in [5.74, 6) is 0.631. The molecule has 14 heavy (non-hydrogen) atoms. The zero-order valence-corrected chi connectivity index (χ0v) is 8.62. The molecule has 0 aromatic carbocycles. The van der Waals surface area contributed by atoms with E-state index in [-0.39, 0.29) is 5.78 Å². The number of furan rings is 1. The molecule has 4 heteroatoms. The number of rotatable bonds is 5. The predicted molar refractivity (Wildman–Crippen MR) is 50.8 cm³/mol. The standard InChI is InChI=1S/C10H14O4/c1-7-6-9(13-5-4-12-3)14-10(7)8(2)11/h6H,4-5H2,1-3H3. The van der Waals surface area contributed by atoms with Crippen molar-refractivity contribution >= 4 is 5.78 Å². The van der Waals surface area contributed by atoms with Crippen molar-refractivity contribution in [2.45, 2.75) is 13.8 Å². The highest BCUT2D eigenvalue weighted by atomic mass is 16.6. The van der Waals surface area contributed by atoms with Crippen LogP contribution in [0.5, 0.6) is 5.95 Å². The molecule has 0 N–H and O–H groups in total. The molecular formula is C10H14O4. The predicted octanol–water partition coefficient (Wildman–Crippen LogP) is 1.82. The van der Waals surface area contributed by atoms with Crippen LogP contribution in [0.25, 0.3) is 0 Å². The molecule has 0 atom stereocenters. The van der Waals surface area contributed by atoms with Gasteiger partial charge in [-0.3, -0.25) is 4.79 Å². The lowest BCUT2D eigenvalue weighted by Crippen LogP contribution is -2.03. The van der Waals surface area contributed by atoms with Gasteiger partial charge in [0.15, 0.2) is 11.5 Å². The number of ketones is 1. The molecule has 0 unspecified atom stereocenters. The molecule has 1 rings (SSSR count). The van der Waals surface area contributed by atoms with Gasteiger partial charge in [-0.15, -0.1) is 0 Å². The molecule has 1 aromatic rings. The zero-order valence-electron chi connectivity index (χ0n) is 8.62. The second kappa shape index (κ2) is 4.81. The average Bonchev–Trinajstić information content (AvgIpc) is 2.47.